The van der Waals surface area contributed by atoms with Gasteiger partial charge in [0.1, 0.15) is 6.61 Å². The van der Waals surface area contributed by atoms with E-state index in [4.69, 9.17) is 10.5 Å². The highest BCUT2D eigenvalue weighted by Gasteiger charge is 2.30. The van der Waals surface area contributed by atoms with Crippen LogP contribution in [0.5, 0.6) is 0 Å². The summed E-state index contributed by atoms with van der Waals surface area (Å²) in [5.41, 5.74) is 5.65. The van der Waals surface area contributed by atoms with E-state index in [2.05, 4.69) is 13.8 Å². The van der Waals surface area contributed by atoms with Crippen molar-refractivity contribution < 1.29 is 14.3 Å². The largest absolute Gasteiger partial charge is 0.447 e. The first kappa shape index (κ1) is 14.9. The molecule has 0 atom stereocenters. The zero-order valence-corrected chi connectivity index (χ0v) is 11.4. The molecule has 0 unspecified atom stereocenters. The second kappa shape index (κ2) is 6.15. The molecule has 104 valence electrons. The van der Waals surface area contributed by atoms with E-state index in [0.29, 0.717) is 19.7 Å². The fourth-order valence-electron chi connectivity index (χ4n) is 1.85. The number of rotatable bonds is 6. The molecule has 0 saturated carbocycles. The Balaban J connectivity index is 2.52. The Bertz CT molecular complexity index is 318. The number of hydrogen-bond donors (Lipinski definition) is 1. The van der Waals surface area contributed by atoms with E-state index in [1.807, 2.05) is 11.8 Å². The number of amides is 2. The van der Waals surface area contributed by atoms with E-state index in [1.54, 1.807) is 0 Å². The molecule has 0 aromatic heterocycles. The minimum Gasteiger partial charge on any atom is -0.447 e. The average molecular weight is 257 g/mol. The van der Waals surface area contributed by atoms with E-state index in [-0.39, 0.29) is 17.9 Å². The molecule has 18 heavy (non-hydrogen) atoms. The Kier molecular flexibility index (Phi) is 5.10. The predicted octanol–water partition coefficient (Wildman–Crippen LogP) is 0.272. The summed E-state index contributed by atoms with van der Waals surface area (Å²) in [5.74, 6) is -0.202. The second-order valence-corrected chi connectivity index (χ2v) is 5.33. The van der Waals surface area contributed by atoms with Crippen molar-refractivity contribution in [3.8, 4) is 0 Å². The Morgan fingerprint density at radius 1 is 1.56 bits per heavy atom. The van der Waals surface area contributed by atoms with Crippen molar-refractivity contribution in [2.24, 2.45) is 11.1 Å². The van der Waals surface area contributed by atoms with Crippen molar-refractivity contribution in [3.63, 3.8) is 0 Å². The molecule has 1 saturated heterocycles. The first-order valence-corrected chi connectivity index (χ1v) is 6.29. The third-order valence-electron chi connectivity index (χ3n) is 3.07. The van der Waals surface area contributed by atoms with Gasteiger partial charge in [-0.05, 0) is 18.5 Å². The van der Waals surface area contributed by atoms with E-state index in [9.17, 15) is 9.59 Å². The Morgan fingerprint density at radius 3 is 2.67 bits per heavy atom. The molecule has 2 amide bonds. The minimum atomic E-state index is -0.533. The molecule has 0 bridgehead atoms. The van der Waals surface area contributed by atoms with Crippen molar-refractivity contribution in [2.45, 2.75) is 20.8 Å². The summed E-state index contributed by atoms with van der Waals surface area (Å²) in [6.07, 6.45) is -0.533. The molecule has 1 heterocycles. The summed E-state index contributed by atoms with van der Waals surface area (Å²) in [6, 6.07) is 0. The zero-order chi connectivity index (χ0) is 13.8. The summed E-state index contributed by atoms with van der Waals surface area (Å²) in [6.45, 7) is 9.03. The van der Waals surface area contributed by atoms with Gasteiger partial charge in [-0.1, -0.05) is 20.8 Å². The quantitative estimate of drug-likeness (QED) is 0.739. The van der Waals surface area contributed by atoms with Gasteiger partial charge >= 0.3 is 6.09 Å². The van der Waals surface area contributed by atoms with Crippen LogP contribution in [0.4, 0.5) is 4.79 Å². The van der Waals surface area contributed by atoms with Crippen LogP contribution in [-0.2, 0) is 9.53 Å². The molecule has 0 aromatic carbocycles. The SMILES string of the molecule is CCN(CC(=O)N1CCOC1=O)CC(C)(C)CN. The lowest BCUT2D eigenvalue weighted by molar-refractivity contribution is -0.129. The van der Waals surface area contributed by atoms with Gasteiger partial charge < -0.3 is 10.5 Å². The van der Waals surface area contributed by atoms with Gasteiger partial charge in [-0.15, -0.1) is 0 Å². The van der Waals surface area contributed by atoms with Crippen molar-refractivity contribution in [1.82, 2.24) is 9.80 Å². The lowest BCUT2D eigenvalue weighted by Gasteiger charge is -2.31. The first-order chi connectivity index (χ1) is 8.39. The number of imide groups is 1. The molecule has 6 heteroatoms. The third-order valence-corrected chi connectivity index (χ3v) is 3.07. The van der Waals surface area contributed by atoms with Crippen molar-refractivity contribution in [1.29, 1.82) is 0 Å². The lowest BCUT2D eigenvalue weighted by atomic mass is 9.93. The molecule has 1 aliphatic rings. The average Bonchev–Trinajstić information content (AvgIpc) is 2.74. The number of carbonyl (C=O) groups is 2. The third kappa shape index (κ3) is 3.96. The highest BCUT2D eigenvalue weighted by atomic mass is 16.6. The zero-order valence-electron chi connectivity index (χ0n) is 11.4. The summed E-state index contributed by atoms with van der Waals surface area (Å²) in [7, 11) is 0. The van der Waals surface area contributed by atoms with Crippen molar-refractivity contribution >= 4 is 12.0 Å². The van der Waals surface area contributed by atoms with Gasteiger partial charge in [0, 0.05) is 6.54 Å². The maximum absolute atomic E-state index is 12.0. The van der Waals surface area contributed by atoms with Crippen LogP contribution >= 0.6 is 0 Å². The topological polar surface area (TPSA) is 75.9 Å². The predicted molar refractivity (Wildman–Crippen MR) is 68.0 cm³/mol. The highest BCUT2D eigenvalue weighted by molar-refractivity contribution is 5.94. The fourth-order valence-corrected chi connectivity index (χ4v) is 1.85. The van der Waals surface area contributed by atoms with E-state index >= 15 is 0 Å². The molecule has 6 nitrogen and oxygen atoms in total. The van der Waals surface area contributed by atoms with Crippen molar-refractivity contribution in [3.05, 3.63) is 0 Å². The van der Waals surface area contributed by atoms with Crippen LogP contribution in [0.1, 0.15) is 20.8 Å². The number of carbonyl (C=O) groups excluding carboxylic acids is 2. The number of nitrogens with zero attached hydrogens (tertiary/aromatic N) is 2. The highest BCUT2D eigenvalue weighted by Crippen LogP contribution is 2.15. The maximum atomic E-state index is 12.0. The summed E-state index contributed by atoms with van der Waals surface area (Å²) >= 11 is 0. The van der Waals surface area contributed by atoms with Gasteiger partial charge in [-0.25, -0.2) is 9.69 Å². The van der Waals surface area contributed by atoms with Crippen LogP contribution in [0.2, 0.25) is 0 Å². The minimum absolute atomic E-state index is 0.0399. The van der Waals surface area contributed by atoms with Crippen LogP contribution in [0.25, 0.3) is 0 Å². The maximum Gasteiger partial charge on any atom is 0.416 e. The van der Waals surface area contributed by atoms with Crippen LogP contribution in [0, 0.1) is 5.41 Å². The van der Waals surface area contributed by atoms with E-state index in [0.717, 1.165) is 18.0 Å². The summed E-state index contributed by atoms with van der Waals surface area (Å²) < 4.78 is 4.75. The Hall–Kier alpha value is -1.14. The normalized spacial score (nSPS) is 16.3. The van der Waals surface area contributed by atoms with Gasteiger partial charge in [-0.2, -0.15) is 0 Å². The number of cyclic esters (lactones) is 1. The standard InChI is InChI=1S/C12H23N3O3/c1-4-14(9-12(2,3)8-13)7-10(16)15-5-6-18-11(15)17/h4-9,13H2,1-3H3. The Labute approximate surface area is 108 Å². The molecule has 0 spiro atoms. The summed E-state index contributed by atoms with van der Waals surface area (Å²) in [5, 5.41) is 0. The number of nitrogens with two attached hydrogens (primary N) is 1. The first-order valence-electron chi connectivity index (χ1n) is 6.29. The summed E-state index contributed by atoms with van der Waals surface area (Å²) in [4.78, 5) is 26.4. The number of ether oxygens (including phenoxy) is 1. The Morgan fingerprint density at radius 2 is 2.22 bits per heavy atom. The van der Waals surface area contributed by atoms with Gasteiger partial charge in [-0.3, -0.25) is 9.69 Å². The molecule has 2 N–H and O–H groups in total. The van der Waals surface area contributed by atoms with Crippen LogP contribution in [0.3, 0.4) is 0 Å². The second-order valence-electron chi connectivity index (χ2n) is 5.33. The van der Waals surface area contributed by atoms with Gasteiger partial charge in [0.05, 0.1) is 13.1 Å². The molecule has 0 radical (unpaired) electrons. The molecule has 0 aliphatic carbocycles. The molecule has 1 aliphatic heterocycles. The fraction of sp³-hybridized carbons (Fsp3) is 0.833. The molecular weight excluding hydrogens is 234 g/mol. The van der Waals surface area contributed by atoms with Gasteiger partial charge in [0.2, 0.25) is 5.91 Å². The van der Waals surface area contributed by atoms with Crippen molar-refractivity contribution in [2.75, 3.05) is 39.3 Å². The van der Waals surface area contributed by atoms with Crippen LogP contribution in [0.15, 0.2) is 0 Å². The molecule has 1 fully saturated rings. The van der Waals surface area contributed by atoms with E-state index in [1.165, 1.54) is 0 Å². The van der Waals surface area contributed by atoms with E-state index < -0.39 is 6.09 Å². The molecular formula is C12H23N3O3. The van der Waals surface area contributed by atoms with Gasteiger partial charge in [0.25, 0.3) is 0 Å². The number of hydrogen-bond acceptors (Lipinski definition) is 5. The van der Waals surface area contributed by atoms with Crippen LogP contribution in [-0.4, -0.2) is 61.1 Å². The van der Waals surface area contributed by atoms with Gasteiger partial charge in [0.15, 0.2) is 0 Å². The lowest BCUT2D eigenvalue weighted by Crippen LogP contribution is -2.45. The number of likely N-dealkylation sites (N-methyl/N-ethyl adjacent to an activating group) is 1. The molecule has 0 aromatic rings. The van der Waals surface area contributed by atoms with Crippen LogP contribution < -0.4 is 5.73 Å². The smallest absolute Gasteiger partial charge is 0.416 e. The molecule has 1 rings (SSSR count). The monoisotopic (exact) mass is 257 g/mol.